The molecule has 17 heavy (non-hydrogen) atoms. The highest BCUT2D eigenvalue weighted by Gasteiger charge is 2.22. The minimum absolute atomic E-state index is 0.403. The third-order valence-corrected chi connectivity index (χ3v) is 4.05. The quantitative estimate of drug-likeness (QED) is 0.804. The molecule has 1 N–H and O–H groups in total. The average molecular weight is 231 g/mol. The number of hydroxylamine groups is 1. The van der Waals surface area contributed by atoms with Gasteiger partial charge in [0.25, 0.3) is 0 Å². The monoisotopic (exact) mass is 231 g/mol. The standard InChI is InChI=1S/C15H21NO/c1-4-10-14-12(6-1)7-5-11-15(14)16-17-13-8-2-3-9-13/h1,4,6,10,13,15-16H,2-3,5,7-9,11H2. The number of hydrogen-bond donors (Lipinski definition) is 1. The molecule has 1 atom stereocenters. The fourth-order valence-electron chi connectivity index (χ4n) is 3.06. The second-order valence-electron chi connectivity index (χ2n) is 5.29. The van der Waals surface area contributed by atoms with Crippen molar-refractivity contribution < 1.29 is 4.84 Å². The summed E-state index contributed by atoms with van der Waals surface area (Å²) in [4.78, 5) is 5.85. The highest BCUT2D eigenvalue weighted by molar-refractivity contribution is 5.31. The maximum absolute atomic E-state index is 5.85. The molecule has 1 aromatic carbocycles. The Bertz CT molecular complexity index is 371. The Morgan fingerprint density at radius 2 is 1.82 bits per heavy atom. The summed E-state index contributed by atoms with van der Waals surface area (Å²) in [6.45, 7) is 0. The van der Waals surface area contributed by atoms with Gasteiger partial charge in [-0.1, -0.05) is 37.1 Å². The lowest BCUT2D eigenvalue weighted by molar-refractivity contribution is -0.0436. The van der Waals surface area contributed by atoms with Crippen molar-refractivity contribution in [2.75, 3.05) is 0 Å². The molecular weight excluding hydrogens is 210 g/mol. The van der Waals surface area contributed by atoms with E-state index in [2.05, 4.69) is 29.7 Å². The van der Waals surface area contributed by atoms with Gasteiger partial charge in [-0.05, 0) is 43.2 Å². The summed E-state index contributed by atoms with van der Waals surface area (Å²) < 4.78 is 0. The van der Waals surface area contributed by atoms with Gasteiger partial charge in [0.15, 0.2) is 0 Å². The van der Waals surface area contributed by atoms with Gasteiger partial charge in [0, 0.05) is 0 Å². The van der Waals surface area contributed by atoms with Gasteiger partial charge in [-0.25, -0.2) is 0 Å². The lowest BCUT2D eigenvalue weighted by Crippen LogP contribution is -2.29. The maximum atomic E-state index is 5.85. The summed E-state index contributed by atoms with van der Waals surface area (Å²) in [6.07, 6.45) is 9.23. The Hall–Kier alpha value is -0.860. The summed E-state index contributed by atoms with van der Waals surface area (Å²) in [7, 11) is 0. The van der Waals surface area contributed by atoms with Crippen LogP contribution in [0.3, 0.4) is 0 Å². The summed E-state index contributed by atoms with van der Waals surface area (Å²) in [5.41, 5.74) is 6.25. The molecule has 0 aliphatic heterocycles. The molecule has 2 aliphatic rings. The fraction of sp³-hybridized carbons (Fsp3) is 0.600. The van der Waals surface area contributed by atoms with E-state index in [0.29, 0.717) is 12.1 Å². The van der Waals surface area contributed by atoms with Crippen LogP contribution < -0.4 is 5.48 Å². The van der Waals surface area contributed by atoms with Crippen molar-refractivity contribution in [1.82, 2.24) is 5.48 Å². The predicted molar refractivity (Wildman–Crippen MR) is 68.6 cm³/mol. The molecular formula is C15H21NO. The Morgan fingerprint density at radius 3 is 2.71 bits per heavy atom. The van der Waals surface area contributed by atoms with Crippen LogP contribution in [0.15, 0.2) is 24.3 Å². The molecule has 3 rings (SSSR count). The number of nitrogens with one attached hydrogen (secondary N) is 1. The third kappa shape index (κ3) is 2.53. The molecule has 1 saturated carbocycles. The highest BCUT2D eigenvalue weighted by Crippen LogP contribution is 2.30. The van der Waals surface area contributed by atoms with Crippen molar-refractivity contribution in [3.63, 3.8) is 0 Å². The molecule has 2 aliphatic carbocycles. The zero-order chi connectivity index (χ0) is 11.5. The molecule has 0 amide bonds. The van der Waals surface area contributed by atoms with Crippen molar-refractivity contribution >= 4 is 0 Å². The second kappa shape index (κ2) is 5.19. The second-order valence-corrected chi connectivity index (χ2v) is 5.29. The zero-order valence-electron chi connectivity index (χ0n) is 10.3. The minimum atomic E-state index is 0.403. The highest BCUT2D eigenvalue weighted by atomic mass is 16.7. The largest absolute Gasteiger partial charge is 0.298 e. The van der Waals surface area contributed by atoms with Crippen LogP contribution in [-0.4, -0.2) is 6.10 Å². The Kier molecular flexibility index (Phi) is 3.44. The van der Waals surface area contributed by atoms with E-state index >= 15 is 0 Å². The van der Waals surface area contributed by atoms with Gasteiger partial charge in [-0.2, -0.15) is 5.48 Å². The van der Waals surface area contributed by atoms with Crippen molar-refractivity contribution in [1.29, 1.82) is 0 Å². The normalized spacial score (nSPS) is 24.8. The van der Waals surface area contributed by atoms with E-state index in [9.17, 15) is 0 Å². The number of fused-ring (bicyclic) bond motifs is 1. The number of benzene rings is 1. The number of aryl methyl sites for hydroxylation is 1. The van der Waals surface area contributed by atoms with Crippen molar-refractivity contribution in [3.8, 4) is 0 Å². The summed E-state index contributed by atoms with van der Waals surface area (Å²) in [5.74, 6) is 0. The van der Waals surface area contributed by atoms with E-state index in [1.807, 2.05) is 0 Å². The molecule has 0 spiro atoms. The molecule has 1 fully saturated rings. The van der Waals surface area contributed by atoms with Gasteiger partial charge in [0.05, 0.1) is 12.1 Å². The van der Waals surface area contributed by atoms with Gasteiger partial charge in [-0.15, -0.1) is 0 Å². The van der Waals surface area contributed by atoms with Crippen LogP contribution in [0.4, 0.5) is 0 Å². The third-order valence-electron chi connectivity index (χ3n) is 4.05. The molecule has 92 valence electrons. The van der Waals surface area contributed by atoms with Crippen LogP contribution in [0.5, 0.6) is 0 Å². The average Bonchev–Trinajstić information content (AvgIpc) is 2.89. The number of hydrogen-bond acceptors (Lipinski definition) is 2. The van der Waals surface area contributed by atoms with Crippen LogP contribution in [0, 0.1) is 0 Å². The van der Waals surface area contributed by atoms with Crippen LogP contribution >= 0.6 is 0 Å². The Labute approximate surface area is 103 Å². The first kappa shape index (κ1) is 11.2. The SMILES string of the molecule is c1ccc2c(c1)CCCC2NOC1CCCC1. The smallest absolute Gasteiger partial charge is 0.0790 e. The molecule has 0 bridgehead atoms. The zero-order valence-corrected chi connectivity index (χ0v) is 10.3. The molecule has 0 heterocycles. The van der Waals surface area contributed by atoms with E-state index in [-0.39, 0.29) is 0 Å². The van der Waals surface area contributed by atoms with Crippen LogP contribution in [0.2, 0.25) is 0 Å². The van der Waals surface area contributed by atoms with Crippen LogP contribution in [-0.2, 0) is 11.3 Å². The number of rotatable bonds is 3. The van der Waals surface area contributed by atoms with Crippen LogP contribution in [0.25, 0.3) is 0 Å². The lowest BCUT2D eigenvalue weighted by Gasteiger charge is -2.27. The van der Waals surface area contributed by atoms with E-state index < -0.39 is 0 Å². The Morgan fingerprint density at radius 1 is 1.00 bits per heavy atom. The minimum Gasteiger partial charge on any atom is -0.298 e. The molecule has 0 saturated heterocycles. The van der Waals surface area contributed by atoms with E-state index in [4.69, 9.17) is 4.84 Å². The summed E-state index contributed by atoms with van der Waals surface area (Å²) in [5, 5.41) is 0. The first-order valence-corrected chi connectivity index (χ1v) is 6.92. The van der Waals surface area contributed by atoms with Crippen molar-refractivity contribution in [2.24, 2.45) is 0 Å². The van der Waals surface area contributed by atoms with Gasteiger partial charge < -0.3 is 0 Å². The first-order valence-electron chi connectivity index (χ1n) is 6.92. The van der Waals surface area contributed by atoms with Gasteiger partial charge >= 0.3 is 0 Å². The fourth-order valence-corrected chi connectivity index (χ4v) is 3.06. The van der Waals surface area contributed by atoms with E-state index in [0.717, 1.165) is 0 Å². The molecule has 1 unspecified atom stereocenters. The van der Waals surface area contributed by atoms with Gasteiger partial charge in [0.2, 0.25) is 0 Å². The summed E-state index contributed by atoms with van der Waals surface area (Å²) in [6, 6.07) is 9.16. The van der Waals surface area contributed by atoms with Crippen molar-refractivity contribution in [3.05, 3.63) is 35.4 Å². The predicted octanol–water partition coefficient (Wildman–Crippen LogP) is 3.53. The molecule has 0 radical (unpaired) electrons. The van der Waals surface area contributed by atoms with Crippen LogP contribution in [0.1, 0.15) is 55.7 Å². The van der Waals surface area contributed by atoms with Crippen molar-refractivity contribution in [2.45, 2.75) is 57.1 Å². The van der Waals surface area contributed by atoms with E-state index in [1.54, 1.807) is 0 Å². The Balaban J connectivity index is 1.64. The molecule has 2 heteroatoms. The van der Waals surface area contributed by atoms with E-state index in [1.165, 1.54) is 56.1 Å². The molecule has 0 aromatic heterocycles. The van der Waals surface area contributed by atoms with Gasteiger partial charge in [-0.3, -0.25) is 4.84 Å². The maximum Gasteiger partial charge on any atom is 0.0790 e. The lowest BCUT2D eigenvalue weighted by atomic mass is 9.88. The first-order chi connectivity index (χ1) is 8.43. The molecule has 2 nitrogen and oxygen atoms in total. The topological polar surface area (TPSA) is 21.3 Å². The molecule has 1 aromatic rings. The summed E-state index contributed by atoms with van der Waals surface area (Å²) >= 11 is 0. The van der Waals surface area contributed by atoms with Gasteiger partial charge in [0.1, 0.15) is 0 Å².